The van der Waals surface area contributed by atoms with Gasteiger partial charge in [-0.3, -0.25) is 0 Å². The molecule has 1 aliphatic rings. The summed E-state index contributed by atoms with van der Waals surface area (Å²) in [5.74, 6) is 0. The fourth-order valence-corrected chi connectivity index (χ4v) is 2.20. The predicted molar refractivity (Wildman–Crippen MR) is 68.1 cm³/mol. The van der Waals surface area contributed by atoms with Gasteiger partial charge in [-0.1, -0.05) is 0 Å². The van der Waals surface area contributed by atoms with Crippen LogP contribution in [-0.4, -0.2) is 25.8 Å². The molecule has 0 amide bonds. The van der Waals surface area contributed by atoms with Crippen molar-refractivity contribution in [3.63, 3.8) is 0 Å². The van der Waals surface area contributed by atoms with Crippen LogP contribution in [0.1, 0.15) is 24.5 Å². The van der Waals surface area contributed by atoms with Crippen molar-refractivity contribution in [2.24, 2.45) is 0 Å². The standard InChI is InChI=1S/C14H18N2O/c1-11-8-14(5-4-13(11)9-15)16-6-3-7-17-12(2)10-16/h4-5,8,12H,3,6-7,10H2,1-2H3. The Bertz CT molecular complexity index is 436. The summed E-state index contributed by atoms with van der Waals surface area (Å²) in [6.45, 7) is 6.88. The third-order valence-electron chi connectivity index (χ3n) is 3.15. The van der Waals surface area contributed by atoms with E-state index in [2.05, 4.69) is 24.0 Å². The monoisotopic (exact) mass is 230 g/mol. The second-order valence-corrected chi connectivity index (χ2v) is 4.59. The van der Waals surface area contributed by atoms with Crippen LogP contribution < -0.4 is 4.90 Å². The number of benzene rings is 1. The summed E-state index contributed by atoms with van der Waals surface area (Å²) in [4.78, 5) is 2.34. The van der Waals surface area contributed by atoms with Crippen LogP contribution in [-0.2, 0) is 4.74 Å². The van der Waals surface area contributed by atoms with E-state index in [0.717, 1.165) is 37.2 Å². The molecule has 2 rings (SSSR count). The molecule has 90 valence electrons. The first kappa shape index (κ1) is 11.9. The molecule has 0 N–H and O–H groups in total. The molecule has 1 heterocycles. The molecule has 0 radical (unpaired) electrons. The Morgan fingerprint density at radius 2 is 2.29 bits per heavy atom. The van der Waals surface area contributed by atoms with Crippen LogP contribution in [0.2, 0.25) is 0 Å². The zero-order chi connectivity index (χ0) is 12.3. The van der Waals surface area contributed by atoms with E-state index in [0.29, 0.717) is 0 Å². The van der Waals surface area contributed by atoms with Crippen LogP contribution in [0.4, 0.5) is 5.69 Å². The lowest BCUT2D eigenvalue weighted by Gasteiger charge is -2.24. The fraction of sp³-hybridized carbons (Fsp3) is 0.500. The summed E-state index contributed by atoms with van der Waals surface area (Å²) in [6, 6.07) is 8.23. The zero-order valence-corrected chi connectivity index (χ0v) is 10.4. The maximum Gasteiger partial charge on any atom is 0.0994 e. The van der Waals surface area contributed by atoms with E-state index < -0.39 is 0 Å². The SMILES string of the molecule is Cc1cc(N2CCCOC(C)C2)ccc1C#N. The highest BCUT2D eigenvalue weighted by molar-refractivity contribution is 5.53. The van der Waals surface area contributed by atoms with E-state index in [1.807, 2.05) is 19.1 Å². The van der Waals surface area contributed by atoms with Gasteiger partial charge in [-0.25, -0.2) is 0 Å². The van der Waals surface area contributed by atoms with Crippen LogP contribution in [0.5, 0.6) is 0 Å². The number of nitrogens with zero attached hydrogens (tertiary/aromatic N) is 2. The first-order chi connectivity index (χ1) is 8.20. The van der Waals surface area contributed by atoms with Crippen molar-refractivity contribution in [1.29, 1.82) is 5.26 Å². The summed E-state index contributed by atoms with van der Waals surface area (Å²) >= 11 is 0. The second-order valence-electron chi connectivity index (χ2n) is 4.59. The molecule has 1 fully saturated rings. The molecule has 0 saturated carbocycles. The Morgan fingerprint density at radius 1 is 1.47 bits per heavy atom. The third-order valence-corrected chi connectivity index (χ3v) is 3.15. The molecule has 17 heavy (non-hydrogen) atoms. The van der Waals surface area contributed by atoms with E-state index in [4.69, 9.17) is 10.00 Å². The molecule has 3 nitrogen and oxygen atoms in total. The van der Waals surface area contributed by atoms with Crippen LogP contribution in [0.25, 0.3) is 0 Å². The first-order valence-corrected chi connectivity index (χ1v) is 6.08. The fourth-order valence-electron chi connectivity index (χ4n) is 2.20. The van der Waals surface area contributed by atoms with E-state index in [1.165, 1.54) is 5.69 Å². The summed E-state index contributed by atoms with van der Waals surface area (Å²) in [5.41, 5.74) is 2.99. The molecule has 1 unspecified atom stereocenters. The van der Waals surface area contributed by atoms with Crippen molar-refractivity contribution in [1.82, 2.24) is 0 Å². The number of aryl methyl sites for hydroxylation is 1. The van der Waals surface area contributed by atoms with Gasteiger partial charge in [-0.2, -0.15) is 5.26 Å². The molecular weight excluding hydrogens is 212 g/mol. The Balaban J connectivity index is 2.21. The normalized spacial score (nSPS) is 20.8. The van der Waals surface area contributed by atoms with E-state index in [9.17, 15) is 0 Å². The van der Waals surface area contributed by atoms with Gasteiger partial charge in [0.05, 0.1) is 17.7 Å². The molecule has 0 spiro atoms. The van der Waals surface area contributed by atoms with Gasteiger partial charge in [0.25, 0.3) is 0 Å². The number of hydrogen-bond acceptors (Lipinski definition) is 3. The van der Waals surface area contributed by atoms with Gasteiger partial charge in [-0.05, 0) is 44.0 Å². The number of ether oxygens (including phenoxy) is 1. The quantitative estimate of drug-likeness (QED) is 0.743. The summed E-state index contributed by atoms with van der Waals surface area (Å²) < 4.78 is 5.64. The van der Waals surface area contributed by atoms with Gasteiger partial charge in [-0.15, -0.1) is 0 Å². The lowest BCUT2D eigenvalue weighted by molar-refractivity contribution is 0.0821. The van der Waals surface area contributed by atoms with Crippen LogP contribution in [0.3, 0.4) is 0 Å². The van der Waals surface area contributed by atoms with Gasteiger partial charge < -0.3 is 9.64 Å². The van der Waals surface area contributed by atoms with Crippen LogP contribution >= 0.6 is 0 Å². The molecule has 1 aromatic rings. The van der Waals surface area contributed by atoms with Gasteiger partial charge in [0.2, 0.25) is 0 Å². The van der Waals surface area contributed by atoms with Crippen molar-refractivity contribution >= 4 is 5.69 Å². The second kappa shape index (κ2) is 5.20. The molecule has 0 bridgehead atoms. The number of rotatable bonds is 1. The minimum atomic E-state index is 0.272. The van der Waals surface area contributed by atoms with Gasteiger partial charge in [0, 0.05) is 25.4 Å². The lowest BCUT2D eigenvalue weighted by atomic mass is 10.1. The highest BCUT2D eigenvalue weighted by Gasteiger charge is 2.15. The van der Waals surface area contributed by atoms with E-state index in [-0.39, 0.29) is 6.10 Å². The maximum atomic E-state index is 8.92. The summed E-state index contributed by atoms with van der Waals surface area (Å²) in [7, 11) is 0. The Labute approximate surface area is 103 Å². The molecule has 1 saturated heterocycles. The Kier molecular flexibility index (Phi) is 3.65. The van der Waals surface area contributed by atoms with Crippen molar-refractivity contribution in [2.45, 2.75) is 26.4 Å². The minimum absolute atomic E-state index is 0.272. The van der Waals surface area contributed by atoms with Crippen molar-refractivity contribution < 1.29 is 4.74 Å². The first-order valence-electron chi connectivity index (χ1n) is 6.08. The molecular formula is C14H18N2O. The molecule has 3 heteroatoms. The Morgan fingerprint density at radius 3 is 3.00 bits per heavy atom. The predicted octanol–water partition coefficient (Wildman–Crippen LogP) is 2.48. The molecule has 1 aromatic carbocycles. The largest absolute Gasteiger partial charge is 0.377 e. The highest BCUT2D eigenvalue weighted by atomic mass is 16.5. The molecule has 1 atom stereocenters. The molecule has 0 aliphatic carbocycles. The topological polar surface area (TPSA) is 36.3 Å². The van der Waals surface area contributed by atoms with Gasteiger partial charge in [0.15, 0.2) is 0 Å². The van der Waals surface area contributed by atoms with Crippen LogP contribution in [0.15, 0.2) is 18.2 Å². The average molecular weight is 230 g/mol. The third kappa shape index (κ3) is 2.78. The summed E-state index contributed by atoms with van der Waals surface area (Å²) in [6.07, 6.45) is 1.33. The maximum absolute atomic E-state index is 8.92. The van der Waals surface area contributed by atoms with Crippen molar-refractivity contribution in [3.8, 4) is 6.07 Å². The number of nitriles is 1. The zero-order valence-electron chi connectivity index (χ0n) is 10.4. The average Bonchev–Trinajstić information content (AvgIpc) is 2.54. The molecule has 1 aliphatic heterocycles. The smallest absolute Gasteiger partial charge is 0.0994 e. The van der Waals surface area contributed by atoms with Gasteiger partial charge >= 0.3 is 0 Å². The number of anilines is 1. The highest BCUT2D eigenvalue weighted by Crippen LogP contribution is 2.21. The minimum Gasteiger partial charge on any atom is -0.377 e. The van der Waals surface area contributed by atoms with Crippen molar-refractivity contribution in [3.05, 3.63) is 29.3 Å². The van der Waals surface area contributed by atoms with Gasteiger partial charge in [0.1, 0.15) is 0 Å². The molecule has 0 aromatic heterocycles. The number of hydrogen-bond donors (Lipinski definition) is 0. The van der Waals surface area contributed by atoms with Crippen LogP contribution in [0, 0.1) is 18.3 Å². The lowest BCUT2D eigenvalue weighted by Crippen LogP contribution is -2.30. The summed E-state index contributed by atoms with van der Waals surface area (Å²) in [5, 5.41) is 8.92. The van der Waals surface area contributed by atoms with E-state index >= 15 is 0 Å². The van der Waals surface area contributed by atoms with Crippen molar-refractivity contribution in [2.75, 3.05) is 24.6 Å². The Hall–Kier alpha value is -1.53. The van der Waals surface area contributed by atoms with E-state index in [1.54, 1.807) is 0 Å².